The van der Waals surface area contributed by atoms with Gasteiger partial charge in [-0.15, -0.1) is 0 Å². The van der Waals surface area contributed by atoms with E-state index in [0.29, 0.717) is 23.6 Å². The van der Waals surface area contributed by atoms with E-state index in [1.54, 1.807) is 18.2 Å². The number of amides is 1. The fourth-order valence-electron chi connectivity index (χ4n) is 2.37. The molecule has 0 aliphatic heterocycles. The Morgan fingerprint density at radius 2 is 1.95 bits per heavy atom. The van der Waals surface area contributed by atoms with Gasteiger partial charge in [-0.1, -0.05) is 41.9 Å². The lowest BCUT2D eigenvalue weighted by molar-refractivity contribution is 0.0949. The number of aliphatic hydroxyl groups excluding tert-OH is 1. The Morgan fingerprint density at radius 1 is 1.23 bits per heavy atom. The van der Waals surface area contributed by atoms with Crippen LogP contribution in [0.1, 0.15) is 33.8 Å². The van der Waals surface area contributed by atoms with E-state index in [1.807, 2.05) is 37.3 Å². The summed E-state index contributed by atoms with van der Waals surface area (Å²) in [5.74, 6) is -0.0258. The van der Waals surface area contributed by atoms with Crippen molar-refractivity contribution < 1.29 is 9.90 Å². The Labute approximate surface area is 135 Å². The van der Waals surface area contributed by atoms with Crippen LogP contribution in [0.2, 0.25) is 5.02 Å². The first kappa shape index (κ1) is 16.5. The van der Waals surface area contributed by atoms with Crippen LogP contribution in [0.5, 0.6) is 0 Å². The molecule has 0 fully saturated rings. The molecule has 2 N–H and O–H groups in total. The third-order valence-electron chi connectivity index (χ3n) is 3.68. The van der Waals surface area contributed by atoms with Crippen LogP contribution in [0.3, 0.4) is 0 Å². The Kier molecular flexibility index (Phi) is 5.99. The van der Waals surface area contributed by atoms with Gasteiger partial charge < -0.3 is 10.4 Å². The predicted molar refractivity (Wildman–Crippen MR) is 89.4 cm³/mol. The van der Waals surface area contributed by atoms with Crippen LogP contribution in [-0.2, 0) is 0 Å². The topological polar surface area (TPSA) is 49.3 Å². The minimum absolute atomic E-state index is 0.0927. The van der Waals surface area contributed by atoms with Crippen molar-refractivity contribution in [3.63, 3.8) is 0 Å². The lowest BCUT2D eigenvalue weighted by Crippen LogP contribution is -2.29. The third-order valence-corrected chi connectivity index (χ3v) is 4.10. The molecule has 1 atom stereocenters. The highest BCUT2D eigenvalue weighted by atomic mass is 35.5. The van der Waals surface area contributed by atoms with Gasteiger partial charge >= 0.3 is 0 Å². The number of halogens is 1. The summed E-state index contributed by atoms with van der Waals surface area (Å²) in [5.41, 5.74) is 2.59. The van der Waals surface area contributed by atoms with Crippen molar-refractivity contribution >= 4 is 17.5 Å². The van der Waals surface area contributed by atoms with Gasteiger partial charge in [-0.25, -0.2) is 0 Å². The maximum Gasteiger partial charge on any atom is 0.251 e. The second-order valence-corrected chi connectivity index (χ2v) is 5.70. The van der Waals surface area contributed by atoms with Crippen molar-refractivity contribution in [2.45, 2.75) is 19.3 Å². The maximum absolute atomic E-state index is 12.2. The van der Waals surface area contributed by atoms with Crippen molar-refractivity contribution in [3.8, 4) is 0 Å². The minimum atomic E-state index is -0.126. The van der Waals surface area contributed by atoms with Gasteiger partial charge in [-0.2, -0.15) is 0 Å². The van der Waals surface area contributed by atoms with E-state index in [9.17, 15) is 9.90 Å². The second kappa shape index (κ2) is 7.97. The van der Waals surface area contributed by atoms with Gasteiger partial charge in [0.25, 0.3) is 5.91 Å². The first-order valence-corrected chi connectivity index (χ1v) is 7.69. The molecule has 3 nitrogen and oxygen atoms in total. The smallest absolute Gasteiger partial charge is 0.251 e. The molecule has 0 bridgehead atoms. The van der Waals surface area contributed by atoms with Crippen LogP contribution in [-0.4, -0.2) is 24.2 Å². The third kappa shape index (κ3) is 4.33. The van der Waals surface area contributed by atoms with E-state index < -0.39 is 0 Å². The fraction of sp³-hybridized carbons (Fsp3) is 0.278. The number of aryl methyl sites for hydroxylation is 1. The quantitative estimate of drug-likeness (QED) is 0.856. The largest absolute Gasteiger partial charge is 0.396 e. The van der Waals surface area contributed by atoms with Crippen LogP contribution in [0.15, 0.2) is 48.5 Å². The van der Waals surface area contributed by atoms with Crippen molar-refractivity contribution in [3.05, 3.63) is 70.2 Å². The maximum atomic E-state index is 12.2. The normalized spacial score (nSPS) is 12.0. The zero-order valence-electron chi connectivity index (χ0n) is 12.6. The number of rotatable bonds is 6. The average Bonchev–Trinajstić information content (AvgIpc) is 2.54. The van der Waals surface area contributed by atoms with Gasteiger partial charge in [-0.3, -0.25) is 4.79 Å². The molecule has 1 amide bonds. The summed E-state index contributed by atoms with van der Waals surface area (Å²) in [6, 6.07) is 15.1. The highest BCUT2D eigenvalue weighted by Gasteiger charge is 2.13. The van der Waals surface area contributed by atoms with E-state index in [0.717, 1.165) is 11.1 Å². The molecule has 116 valence electrons. The summed E-state index contributed by atoms with van der Waals surface area (Å²) in [6.07, 6.45) is 0.615. The van der Waals surface area contributed by atoms with Gasteiger partial charge in [0.05, 0.1) is 0 Å². The molecular formula is C18H20ClNO2. The van der Waals surface area contributed by atoms with E-state index >= 15 is 0 Å². The molecule has 2 aromatic carbocycles. The van der Waals surface area contributed by atoms with Gasteiger partial charge in [0.15, 0.2) is 0 Å². The molecule has 2 aromatic rings. The Hall–Kier alpha value is -1.84. The zero-order chi connectivity index (χ0) is 15.9. The zero-order valence-corrected chi connectivity index (χ0v) is 13.3. The van der Waals surface area contributed by atoms with Gasteiger partial charge in [0.1, 0.15) is 0 Å². The lowest BCUT2D eigenvalue weighted by Gasteiger charge is -2.17. The molecule has 1 unspecified atom stereocenters. The van der Waals surface area contributed by atoms with Gasteiger partial charge in [-0.05, 0) is 42.7 Å². The number of nitrogens with one attached hydrogen (secondary N) is 1. The van der Waals surface area contributed by atoms with Gasteiger partial charge in [0.2, 0.25) is 0 Å². The standard InChI is InChI=1S/C18H20ClNO2/c1-13-11-15(7-8-17(13)19)18(22)20-12-16(9-10-21)14-5-3-2-4-6-14/h2-8,11,16,21H,9-10,12H2,1H3,(H,20,22). The number of hydrogen-bond donors (Lipinski definition) is 2. The number of benzene rings is 2. The summed E-state index contributed by atoms with van der Waals surface area (Å²) < 4.78 is 0. The molecule has 0 spiro atoms. The van der Waals surface area contributed by atoms with Crippen LogP contribution < -0.4 is 5.32 Å². The first-order valence-electron chi connectivity index (χ1n) is 7.32. The number of aliphatic hydroxyl groups is 1. The molecular weight excluding hydrogens is 298 g/mol. The predicted octanol–water partition coefficient (Wildman–Crippen LogP) is 3.54. The lowest BCUT2D eigenvalue weighted by atomic mass is 9.96. The molecule has 0 aliphatic rings. The van der Waals surface area contributed by atoms with E-state index in [-0.39, 0.29) is 18.4 Å². The summed E-state index contributed by atoms with van der Waals surface area (Å²) in [5, 5.41) is 12.8. The van der Waals surface area contributed by atoms with Gasteiger partial charge in [0, 0.05) is 29.7 Å². The molecule has 2 rings (SSSR count). The number of carbonyl (C=O) groups is 1. The number of hydrogen-bond acceptors (Lipinski definition) is 2. The Bertz CT molecular complexity index is 628. The highest BCUT2D eigenvalue weighted by molar-refractivity contribution is 6.31. The average molecular weight is 318 g/mol. The highest BCUT2D eigenvalue weighted by Crippen LogP contribution is 2.19. The second-order valence-electron chi connectivity index (χ2n) is 5.29. The monoisotopic (exact) mass is 317 g/mol. The van der Waals surface area contributed by atoms with E-state index in [2.05, 4.69) is 5.32 Å². The summed E-state index contributed by atoms with van der Waals surface area (Å²) in [4.78, 5) is 12.2. The Morgan fingerprint density at radius 3 is 2.59 bits per heavy atom. The molecule has 0 aromatic heterocycles. The van der Waals surface area contributed by atoms with E-state index in [4.69, 9.17) is 11.6 Å². The molecule has 0 saturated carbocycles. The van der Waals surface area contributed by atoms with Crippen molar-refractivity contribution in [2.24, 2.45) is 0 Å². The molecule has 0 heterocycles. The first-order chi connectivity index (χ1) is 10.6. The summed E-state index contributed by atoms with van der Waals surface area (Å²) >= 11 is 5.97. The van der Waals surface area contributed by atoms with Crippen LogP contribution >= 0.6 is 11.6 Å². The van der Waals surface area contributed by atoms with E-state index in [1.165, 1.54) is 0 Å². The molecule has 0 radical (unpaired) electrons. The molecule has 4 heteroatoms. The molecule has 0 saturated heterocycles. The Balaban J connectivity index is 2.02. The fourth-order valence-corrected chi connectivity index (χ4v) is 2.49. The summed E-state index contributed by atoms with van der Waals surface area (Å²) in [7, 11) is 0. The van der Waals surface area contributed by atoms with Crippen molar-refractivity contribution in [2.75, 3.05) is 13.2 Å². The van der Waals surface area contributed by atoms with Crippen molar-refractivity contribution in [1.82, 2.24) is 5.32 Å². The van der Waals surface area contributed by atoms with Crippen LogP contribution in [0.4, 0.5) is 0 Å². The van der Waals surface area contributed by atoms with Crippen LogP contribution in [0.25, 0.3) is 0 Å². The minimum Gasteiger partial charge on any atom is -0.396 e. The van der Waals surface area contributed by atoms with Crippen molar-refractivity contribution in [1.29, 1.82) is 0 Å². The number of carbonyl (C=O) groups excluding carboxylic acids is 1. The SMILES string of the molecule is Cc1cc(C(=O)NCC(CCO)c2ccccc2)ccc1Cl. The molecule has 22 heavy (non-hydrogen) atoms. The van der Waals surface area contributed by atoms with Crippen LogP contribution in [0, 0.1) is 6.92 Å². The molecule has 0 aliphatic carbocycles. The summed E-state index contributed by atoms with van der Waals surface area (Å²) in [6.45, 7) is 2.46.